The summed E-state index contributed by atoms with van der Waals surface area (Å²) in [6.45, 7) is 7.70. The third-order valence-corrected chi connectivity index (χ3v) is 2.70. The highest BCUT2D eigenvalue weighted by Gasteiger charge is 2.31. The number of esters is 1. The van der Waals surface area contributed by atoms with E-state index in [4.69, 9.17) is 10.5 Å². The summed E-state index contributed by atoms with van der Waals surface area (Å²) in [4.78, 5) is 11.6. The number of rotatable bonds is 2. The molecule has 0 radical (unpaired) electrons. The molecule has 1 fully saturated rings. The van der Waals surface area contributed by atoms with E-state index in [0.717, 1.165) is 25.9 Å². The lowest BCUT2D eigenvalue weighted by Gasteiger charge is -2.33. The molecular weight excluding hydrogens is 192 g/mol. The molecule has 0 atom stereocenters. The number of hydrogen-bond donors (Lipinski definition) is 2. The molecule has 0 unspecified atom stereocenters. The Morgan fingerprint density at radius 3 is 2.40 bits per heavy atom. The van der Waals surface area contributed by atoms with Crippen LogP contribution in [0.4, 0.5) is 0 Å². The third-order valence-electron chi connectivity index (χ3n) is 2.70. The molecule has 0 aliphatic carbocycles. The topological polar surface area (TPSA) is 64.3 Å². The highest BCUT2D eigenvalue weighted by molar-refractivity contribution is 5.75. The van der Waals surface area contributed by atoms with Gasteiger partial charge in [0.05, 0.1) is 11.0 Å². The van der Waals surface area contributed by atoms with E-state index in [1.165, 1.54) is 0 Å². The molecule has 15 heavy (non-hydrogen) atoms. The minimum absolute atomic E-state index is 0.175. The first-order valence-electron chi connectivity index (χ1n) is 5.50. The lowest BCUT2D eigenvalue weighted by Crippen LogP contribution is -2.52. The number of carbonyl (C=O) groups excluding carboxylic acids is 1. The summed E-state index contributed by atoms with van der Waals surface area (Å²) in [6, 6.07) is 0. The molecule has 1 saturated heterocycles. The second kappa shape index (κ2) is 4.49. The molecule has 0 aromatic carbocycles. The van der Waals surface area contributed by atoms with Gasteiger partial charge in [-0.2, -0.15) is 0 Å². The Hall–Kier alpha value is -0.610. The quantitative estimate of drug-likeness (QED) is 0.663. The van der Waals surface area contributed by atoms with Crippen LogP contribution in [-0.4, -0.2) is 31.2 Å². The highest BCUT2D eigenvalue weighted by atomic mass is 16.5. The number of ether oxygens (including phenoxy) is 1. The van der Waals surface area contributed by atoms with E-state index in [1.54, 1.807) is 0 Å². The average molecular weight is 214 g/mol. The summed E-state index contributed by atoms with van der Waals surface area (Å²) in [7, 11) is 0. The van der Waals surface area contributed by atoms with E-state index in [9.17, 15) is 4.79 Å². The Balaban J connectivity index is 2.38. The molecule has 0 aromatic rings. The zero-order valence-corrected chi connectivity index (χ0v) is 9.93. The smallest absolute Gasteiger partial charge is 0.311 e. The zero-order valence-electron chi connectivity index (χ0n) is 9.93. The Labute approximate surface area is 91.5 Å². The monoisotopic (exact) mass is 214 g/mol. The van der Waals surface area contributed by atoms with Crippen molar-refractivity contribution in [3.8, 4) is 0 Å². The van der Waals surface area contributed by atoms with Gasteiger partial charge in [-0.25, -0.2) is 0 Å². The van der Waals surface area contributed by atoms with Crippen molar-refractivity contribution < 1.29 is 9.53 Å². The van der Waals surface area contributed by atoms with E-state index in [0.29, 0.717) is 6.61 Å². The van der Waals surface area contributed by atoms with Gasteiger partial charge in [0.15, 0.2) is 0 Å². The largest absolute Gasteiger partial charge is 0.463 e. The fraction of sp³-hybridized carbons (Fsp3) is 0.909. The van der Waals surface area contributed by atoms with Crippen molar-refractivity contribution in [3.05, 3.63) is 0 Å². The van der Waals surface area contributed by atoms with Crippen LogP contribution in [0.3, 0.4) is 0 Å². The van der Waals surface area contributed by atoms with Crippen LogP contribution in [0.15, 0.2) is 0 Å². The summed E-state index contributed by atoms with van der Waals surface area (Å²) in [6.07, 6.45) is 1.73. The lowest BCUT2D eigenvalue weighted by atomic mass is 9.90. The van der Waals surface area contributed by atoms with Gasteiger partial charge < -0.3 is 15.8 Å². The zero-order chi connectivity index (χ0) is 11.5. The van der Waals surface area contributed by atoms with Gasteiger partial charge in [0.1, 0.15) is 6.61 Å². The summed E-state index contributed by atoms with van der Waals surface area (Å²) in [5, 5.41) is 3.24. The number of hydrogen-bond acceptors (Lipinski definition) is 4. The van der Waals surface area contributed by atoms with Crippen molar-refractivity contribution in [1.29, 1.82) is 0 Å². The minimum Gasteiger partial charge on any atom is -0.463 e. The lowest BCUT2D eigenvalue weighted by molar-refractivity contribution is -0.155. The van der Waals surface area contributed by atoms with Gasteiger partial charge in [0, 0.05) is 0 Å². The van der Waals surface area contributed by atoms with Crippen LogP contribution in [-0.2, 0) is 9.53 Å². The standard InChI is InChI=1S/C11H22N2O2/c1-10(2,3)9(14)15-8-11(12)4-6-13-7-5-11/h13H,4-8,12H2,1-3H3. The van der Waals surface area contributed by atoms with Crippen molar-refractivity contribution >= 4 is 5.97 Å². The Morgan fingerprint density at radius 2 is 1.93 bits per heavy atom. The van der Waals surface area contributed by atoms with Crippen LogP contribution in [0.1, 0.15) is 33.6 Å². The fourth-order valence-corrected chi connectivity index (χ4v) is 1.49. The van der Waals surface area contributed by atoms with E-state index in [1.807, 2.05) is 20.8 Å². The molecule has 0 bridgehead atoms. The van der Waals surface area contributed by atoms with Gasteiger partial charge in [0.25, 0.3) is 0 Å². The molecule has 1 rings (SSSR count). The van der Waals surface area contributed by atoms with Crippen LogP contribution in [0.5, 0.6) is 0 Å². The van der Waals surface area contributed by atoms with Crippen molar-refractivity contribution in [1.82, 2.24) is 5.32 Å². The summed E-state index contributed by atoms with van der Waals surface area (Å²) in [5.74, 6) is -0.175. The van der Waals surface area contributed by atoms with E-state index in [2.05, 4.69) is 5.32 Å². The average Bonchev–Trinajstić information content (AvgIpc) is 2.14. The highest BCUT2D eigenvalue weighted by Crippen LogP contribution is 2.19. The van der Waals surface area contributed by atoms with Crippen LogP contribution in [0, 0.1) is 5.41 Å². The maximum Gasteiger partial charge on any atom is 0.311 e. The van der Waals surface area contributed by atoms with Crippen molar-refractivity contribution in [3.63, 3.8) is 0 Å². The molecule has 0 amide bonds. The molecule has 3 N–H and O–H groups in total. The number of carbonyl (C=O) groups is 1. The second-order valence-electron chi connectivity index (χ2n) is 5.44. The molecule has 4 heteroatoms. The summed E-state index contributed by atoms with van der Waals surface area (Å²) in [5.41, 5.74) is 5.37. The molecule has 0 spiro atoms. The maximum atomic E-state index is 11.6. The molecule has 1 heterocycles. The first-order chi connectivity index (χ1) is 6.83. The minimum atomic E-state index is -0.441. The normalized spacial score (nSPS) is 21.1. The molecule has 4 nitrogen and oxygen atoms in total. The molecule has 0 saturated carbocycles. The third kappa shape index (κ3) is 3.80. The first kappa shape index (κ1) is 12.5. The maximum absolute atomic E-state index is 11.6. The molecule has 0 aromatic heterocycles. The Kier molecular flexibility index (Phi) is 3.73. The van der Waals surface area contributed by atoms with Crippen molar-refractivity contribution in [2.45, 2.75) is 39.2 Å². The number of nitrogens with two attached hydrogens (primary N) is 1. The molecule has 1 aliphatic heterocycles. The van der Waals surface area contributed by atoms with Gasteiger partial charge in [-0.15, -0.1) is 0 Å². The van der Waals surface area contributed by atoms with E-state index in [-0.39, 0.29) is 11.5 Å². The summed E-state index contributed by atoms with van der Waals surface area (Å²) < 4.78 is 5.26. The van der Waals surface area contributed by atoms with Gasteiger partial charge in [-0.05, 0) is 46.7 Å². The fourth-order valence-electron chi connectivity index (χ4n) is 1.49. The Morgan fingerprint density at radius 1 is 1.40 bits per heavy atom. The molecule has 88 valence electrons. The molecular formula is C11H22N2O2. The number of nitrogens with one attached hydrogen (secondary N) is 1. The van der Waals surface area contributed by atoms with Crippen LogP contribution in [0.25, 0.3) is 0 Å². The second-order valence-corrected chi connectivity index (χ2v) is 5.44. The van der Waals surface area contributed by atoms with Crippen LogP contribution in [0.2, 0.25) is 0 Å². The van der Waals surface area contributed by atoms with E-state index >= 15 is 0 Å². The van der Waals surface area contributed by atoms with Gasteiger partial charge >= 0.3 is 5.97 Å². The van der Waals surface area contributed by atoms with Gasteiger partial charge in [-0.1, -0.05) is 0 Å². The van der Waals surface area contributed by atoms with Crippen molar-refractivity contribution in [2.75, 3.05) is 19.7 Å². The first-order valence-corrected chi connectivity index (χ1v) is 5.50. The predicted octanol–water partition coefficient (Wildman–Crippen LogP) is 0.657. The van der Waals surface area contributed by atoms with Crippen LogP contribution >= 0.6 is 0 Å². The van der Waals surface area contributed by atoms with Crippen LogP contribution < -0.4 is 11.1 Å². The van der Waals surface area contributed by atoms with Gasteiger partial charge in [0.2, 0.25) is 0 Å². The van der Waals surface area contributed by atoms with E-state index < -0.39 is 5.41 Å². The Bertz CT molecular complexity index is 227. The van der Waals surface area contributed by atoms with Gasteiger partial charge in [-0.3, -0.25) is 4.79 Å². The number of piperidine rings is 1. The SMILES string of the molecule is CC(C)(C)C(=O)OCC1(N)CCNCC1. The molecule has 1 aliphatic rings. The van der Waals surface area contributed by atoms with Crippen molar-refractivity contribution in [2.24, 2.45) is 11.1 Å². The predicted molar refractivity (Wildman–Crippen MR) is 59.4 cm³/mol. The summed E-state index contributed by atoms with van der Waals surface area (Å²) >= 11 is 0.